The lowest BCUT2D eigenvalue weighted by molar-refractivity contribution is 0.260. The number of rotatable bonds is 6. The van der Waals surface area contributed by atoms with Crippen molar-refractivity contribution in [2.24, 2.45) is 5.92 Å². The van der Waals surface area contributed by atoms with Crippen molar-refractivity contribution in [3.8, 4) is 5.88 Å². The monoisotopic (exact) mass is 289 g/mol. The predicted octanol–water partition coefficient (Wildman–Crippen LogP) is 3.57. The Bertz CT molecular complexity index is 585. The van der Waals surface area contributed by atoms with Crippen molar-refractivity contribution in [1.82, 2.24) is 9.97 Å². The number of aromatic nitrogens is 2. The van der Waals surface area contributed by atoms with Gasteiger partial charge in [-0.15, -0.1) is 0 Å². The lowest BCUT2D eigenvalue weighted by atomic mass is 10.2. The van der Waals surface area contributed by atoms with Crippen LogP contribution in [0.1, 0.15) is 25.2 Å². The van der Waals surface area contributed by atoms with Gasteiger partial charge in [-0.1, -0.05) is 26.0 Å². The van der Waals surface area contributed by atoms with Crippen LogP contribution in [0.4, 0.5) is 10.2 Å². The van der Waals surface area contributed by atoms with E-state index in [0.29, 0.717) is 36.6 Å². The van der Waals surface area contributed by atoms with Crippen molar-refractivity contribution in [2.75, 3.05) is 11.9 Å². The molecular formula is C16H20FN3O. The SMILES string of the molecule is Cc1nc(NCc2ccc(F)cc2)cc(OCC(C)C)n1. The number of aryl methyl sites for hydroxylation is 1. The van der Waals surface area contributed by atoms with Crippen LogP contribution < -0.4 is 10.1 Å². The molecule has 0 unspecified atom stereocenters. The fourth-order valence-electron chi connectivity index (χ4n) is 1.75. The topological polar surface area (TPSA) is 47.0 Å². The number of nitrogens with zero attached hydrogens (tertiary/aromatic N) is 2. The maximum atomic E-state index is 12.8. The van der Waals surface area contributed by atoms with Crippen LogP contribution in [0.2, 0.25) is 0 Å². The van der Waals surface area contributed by atoms with E-state index in [9.17, 15) is 4.39 Å². The number of hydrogen-bond acceptors (Lipinski definition) is 4. The summed E-state index contributed by atoms with van der Waals surface area (Å²) in [7, 11) is 0. The van der Waals surface area contributed by atoms with Crippen molar-refractivity contribution in [2.45, 2.75) is 27.3 Å². The standard InChI is InChI=1S/C16H20FN3O/c1-11(2)10-21-16-8-15(19-12(3)20-16)18-9-13-4-6-14(17)7-5-13/h4-8,11H,9-10H2,1-3H3,(H,18,19,20). The van der Waals surface area contributed by atoms with Crippen molar-refractivity contribution in [3.05, 3.63) is 47.5 Å². The third kappa shape index (κ3) is 5.02. The molecule has 112 valence electrons. The summed E-state index contributed by atoms with van der Waals surface area (Å²) in [6, 6.07) is 8.15. The van der Waals surface area contributed by atoms with E-state index in [2.05, 4.69) is 29.1 Å². The first-order chi connectivity index (χ1) is 10.0. The largest absolute Gasteiger partial charge is 0.477 e. The lowest BCUT2D eigenvalue weighted by Crippen LogP contribution is -2.08. The molecule has 1 N–H and O–H groups in total. The van der Waals surface area contributed by atoms with E-state index >= 15 is 0 Å². The van der Waals surface area contributed by atoms with Crippen LogP contribution >= 0.6 is 0 Å². The van der Waals surface area contributed by atoms with E-state index in [0.717, 1.165) is 5.56 Å². The Morgan fingerprint density at radius 3 is 2.57 bits per heavy atom. The summed E-state index contributed by atoms with van der Waals surface area (Å²) in [5.74, 6) is 2.12. The van der Waals surface area contributed by atoms with Crippen molar-refractivity contribution < 1.29 is 9.13 Å². The number of hydrogen-bond donors (Lipinski definition) is 1. The molecule has 5 heteroatoms. The summed E-state index contributed by atoms with van der Waals surface area (Å²) >= 11 is 0. The first-order valence-corrected chi connectivity index (χ1v) is 6.99. The molecule has 1 heterocycles. The molecule has 2 rings (SSSR count). The highest BCUT2D eigenvalue weighted by Crippen LogP contribution is 2.15. The van der Waals surface area contributed by atoms with Crippen LogP contribution in [0, 0.1) is 18.7 Å². The fourth-order valence-corrected chi connectivity index (χ4v) is 1.75. The Balaban J connectivity index is 2.00. The van der Waals surface area contributed by atoms with E-state index in [4.69, 9.17) is 4.74 Å². The minimum atomic E-state index is -0.235. The van der Waals surface area contributed by atoms with E-state index in [1.54, 1.807) is 18.2 Å². The molecule has 0 aliphatic heterocycles. The van der Waals surface area contributed by atoms with Crippen LogP contribution in [-0.4, -0.2) is 16.6 Å². The molecule has 0 saturated heterocycles. The molecule has 0 aliphatic rings. The second-order valence-electron chi connectivity index (χ2n) is 5.32. The summed E-state index contributed by atoms with van der Waals surface area (Å²) < 4.78 is 18.5. The molecule has 2 aromatic rings. The van der Waals surface area contributed by atoms with Gasteiger partial charge >= 0.3 is 0 Å². The van der Waals surface area contributed by atoms with Crippen molar-refractivity contribution in [1.29, 1.82) is 0 Å². The van der Waals surface area contributed by atoms with Crippen molar-refractivity contribution >= 4 is 5.82 Å². The minimum Gasteiger partial charge on any atom is -0.477 e. The molecular weight excluding hydrogens is 269 g/mol. The molecule has 0 spiro atoms. The average Bonchev–Trinajstić information content (AvgIpc) is 2.44. The van der Waals surface area contributed by atoms with Gasteiger partial charge in [-0.05, 0) is 30.5 Å². The van der Waals surface area contributed by atoms with Gasteiger partial charge in [0.15, 0.2) is 0 Å². The highest BCUT2D eigenvalue weighted by Gasteiger charge is 2.04. The Hall–Kier alpha value is -2.17. The number of anilines is 1. The molecule has 0 bridgehead atoms. The van der Waals surface area contributed by atoms with Gasteiger partial charge in [-0.25, -0.2) is 9.37 Å². The van der Waals surface area contributed by atoms with Gasteiger partial charge in [0.1, 0.15) is 17.5 Å². The molecule has 21 heavy (non-hydrogen) atoms. The van der Waals surface area contributed by atoms with E-state index in [-0.39, 0.29) is 5.82 Å². The summed E-state index contributed by atoms with van der Waals surface area (Å²) in [4.78, 5) is 8.57. The normalized spacial score (nSPS) is 10.7. The Morgan fingerprint density at radius 1 is 1.19 bits per heavy atom. The molecule has 1 aromatic heterocycles. The molecule has 4 nitrogen and oxygen atoms in total. The molecule has 0 fully saturated rings. The molecule has 0 radical (unpaired) electrons. The van der Waals surface area contributed by atoms with E-state index < -0.39 is 0 Å². The molecule has 0 amide bonds. The van der Waals surface area contributed by atoms with Gasteiger partial charge < -0.3 is 10.1 Å². The number of nitrogens with one attached hydrogen (secondary N) is 1. The highest BCUT2D eigenvalue weighted by molar-refractivity contribution is 5.39. The summed E-state index contributed by atoms with van der Waals surface area (Å²) in [6.07, 6.45) is 0. The minimum absolute atomic E-state index is 0.235. The Morgan fingerprint density at radius 2 is 1.90 bits per heavy atom. The van der Waals surface area contributed by atoms with Crippen LogP contribution in [0.15, 0.2) is 30.3 Å². The summed E-state index contributed by atoms with van der Waals surface area (Å²) in [5.41, 5.74) is 0.984. The van der Waals surface area contributed by atoms with E-state index in [1.807, 2.05) is 6.92 Å². The lowest BCUT2D eigenvalue weighted by Gasteiger charge is -2.11. The zero-order chi connectivity index (χ0) is 15.2. The molecule has 1 aromatic carbocycles. The second kappa shape index (κ2) is 7.02. The van der Waals surface area contributed by atoms with Gasteiger partial charge in [0.2, 0.25) is 5.88 Å². The van der Waals surface area contributed by atoms with Crippen LogP contribution in [0.3, 0.4) is 0 Å². The zero-order valence-corrected chi connectivity index (χ0v) is 12.6. The van der Waals surface area contributed by atoms with Gasteiger partial charge in [-0.3, -0.25) is 0 Å². The maximum Gasteiger partial charge on any atom is 0.218 e. The molecule has 0 saturated carbocycles. The fraction of sp³-hybridized carbons (Fsp3) is 0.375. The van der Waals surface area contributed by atoms with Gasteiger partial charge in [0, 0.05) is 12.6 Å². The summed E-state index contributed by atoms with van der Waals surface area (Å²) in [6.45, 7) is 7.18. The predicted molar refractivity (Wildman–Crippen MR) is 80.8 cm³/mol. The number of benzene rings is 1. The summed E-state index contributed by atoms with van der Waals surface area (Å²) in [5, 5.41) is 3.20. The first kappa shape index (κ1) is 15.2. The maximum absolute atomic E-state index is 12.8. The Labute approximate surface area is 124 Å². The molecule has 0 atom stereocenters. The quantitative estimate of drug-likeness (QED) is 0.883. The van der Waals surface area contributed by atoms with E-state index in [1.165, 1.54) is 12.1 Å². The van der Waals surface area contributed by atoms with Gasteiger partial charge in [0.05, 0.1) is 6.61 Å². The highest BCUT2D eigenvalue weighted by atomic mass is 19.1. The Kier molecular flexibility index (Phi) is 5.09. The van der Waals surface area contributed by atoms with Gasteiger partial charge in [-0.2, -0.15) is 4.98 Å². The van der Waals surface area contributed by atoms with Crippen LogP contribution in [-0.2, 0) is 6.54 Å². The van der Waals surface area contributed by atoms with Crippen LogP contribution in [0.25, 0.3) is 0 Å². The smallest absolute Gasteiger partial charge is 0.218 e. The number of ether oxygens (including phenoxy) is 1. The van der Waals surface area contributed by atoms with Crippen molar-refractivity contribution in [3.63, 3.8) is 0 Å². The first-order valence-electron chi connectivity index (χ1n) is 6.99. The second-order valence-corrected chi connectivity index (χ2v) is 5.32. The zero-order valence-electron chi connectivity index (χ0n) is 12.6. The van der Waals surface area contributed by atoms with Crippen LogP contribution in [0.5, 0.6) is 5.88 Å². The average molecular weight is 289 g/mol. The molecule has 0 aliphatic carbocycles. The third-order valence-corrected chi connectivity index (χ3v) is 2.77. The van der Waals surface area contributed by atoms with Gasteiger partial charge in [0.25, 0.3) is 0 Å². The third-order valence-electron chi connectivity index (χ3n) is 2.77. The number of halogens is 1.